The van der Waals surface area contributed by atoms with E-state index in [0.717, 1.165) is 4.90 Å². The van der Waals surface area contributed by atoms with Crippen molar-refractivity contribution in [1.29, 1.82) is 0 Å². The Hall–Kier alpha value is -2.14. The Morgan fingerprint density at radius 2 is 1.65 bits per heavy atom. The Morgan fingerprint density at radius 3 is 2.15 bits per heavy atom. The number of aromatic carboxylic acids is 1. The van der Waals surface area contributed by atoms with Gasteiger partial charge >= 0.3 is 5.97 Å². The van der Waals surface area contributed by atoms with Gasteiger partial charge in [0.15, 0.2) is 5.78 Å². The van der Waals surface area contributed by atoms with Crippen LogP contribution in [0.25, 0.3) is 0 Å². The highest BCUT2D eigenvalue weighted by Crippen LogP contribution is 2.30. The molecule has 3 nitrogen and oxygen atoms in total. The molecule has 20 heavy (non-hydrogen) atoms. The van der Waals surface area contributed by atoms with Gasteiger partial charge in [0.1, 0.15) is 5.82 Å². The van der Waals surface area contributed by atoms with Crippen LogP contribution in [0.15, 0.2) is 52.3 Å². The molecular weight excluding hydrogens is 279 g/mol. The fourth-order valence-electron chi connectivity index (χ4n) is 1.60. The van der Waals surface area contributed by atoms with Crippen molar-refractivity contribution >= 4 is 23.5 Å². The van der Waals surface area contributed by atoms with Crippen LogP contribution in [0.4, 0.5) is 4.39 Å². The maximum Gasteiger partial charge on any atom is 0.335 e. The largest absolute Gasteiger partial charge is 0.478 e. The summed E-state index contributed by atoms with van der Waals surface area (Å²) in [6.07, 6.45) is 0. The Morgan fingerprint density at radius 1 is 1.05 bits per heavy atom. The first-order chi connectivity index (χ1) is 9.47. The van der Waals surface area contributed by atoms with E-state index in [1.165, 1.54) is 36.9 Å². The van der Waals surface area contributed by atoms with Crippen LogP contribution in [-0.4, -0.2) is 16.9 Å². The van der Waals surface area contributed by atoms with Crippen molar-refractivity contribution in [3.8, 4) is 0 Å². The Labute approximate surface area is 119 Å². The van der Waals surface area contributed by atoms with Crippen molar-refractivity contribution in [2.24, 2.45) is 0 Å². The molecular formula is C15H11FO3S. The molecule has 0 fully saturated rings. The molecule has 0 aromatic heterocycles. The van der Waals surface area contributed by atoms with Gasteiger partial charge in [-0.1, -0.05) is 17.8 Å². The van der Waals surface area contributed by atoms with E-state index in [1.807, 2.05) is 0 Å². The molecule has 0 radical (unpaired) electrons. The number of carbonyl (C=O) groups excluding carboxylic acids is 1. The smallest absolute Gasteiger partial charge is 0.335 e. The van der Waals surface area contributed by atoms with Crippen LogP contribution in [-0.2, 0) is 0 Å². The third kappa shape index (κ3) is 3.24. The van der Waals surface area contributed by atoms with Gasteiger partial charge in [-0.15, -0.1) is 0 Å². The lowest BCUT2D eigenvalue weighted by Gasteiger charge is -2.05. The van der Waals surface area contributed by atoms with Crippen molar-refractivity contribution in [1.82, 2.24) is 0 Å². The number of carboxylic acids is 1. The predicted octanol–water partition coefficient (Wildman–Crippen LogP) is 3.88. The lowest BCUT2D eigenvalue weighted by molar-refractivity contribution is 0.0696. The highest BCUT2D eigenvalue weighted by atomic mass is 32.2. The number of halogens is 1. The molecule has 0 aliphatic heterocycles. The number of hydrogen-bond acceptors (Lipinski definition) is 3. The summed E-state index contributed by atoms with van der Waals surface area (Å²) < 4.78 is 13.8. The van der Waals surface area contributed by atoms with E-state index in [0.29, 0.717) is 10.5 Å². The minimum Gasteiger partial charge on any atom is -0.478 e. The van der Waals surface area contributed by atoms with E-state index < -0.39 is 11.8 Å². The summed E-state index contributed by atoms with van der Waals surface area (Å²) in [6.45, 7) is 1.38. The highest BCUT2D eigenvalue weighted by molar-refractivity contribution is 7.99. The summed E-state index contributed by atoms with van der Waals surface area (Å²) in [5, 5.41) is 8.79. The molecule has 102 valence electrons. The molecule has 2 aromatic carbocycles. The monoisotopic (exact) mass is 290 g/mol. The Bertz CT molecular complexity index is 665. The quantitative estimate of drug-likeness (QED) is 0.868. The van der Waals surface area contributed by atoms with Gasteiger partial charge in [0, 0.05) is 15.4 Å². The van der Waals surface area contributed by atoms with Crippen LogP contribution in [0.3, 0.4) is 0 Å². The van der Waals surface area contributed by atoms with Crippen molar-refractivity contribution in [2.45, 2.75) is 16.7 Å². The molecule has 0 atom stereocenters. The molecule has 0 saturated carbocycles. The first-order valence-electron chi connectivity index (χ1n) is 5.79. The zero-order valence-electron chi connectivity index (χ0n) is 10.6. The zero-order valence-corrected chi connectivity index (χ0v) is 11.4. The van der Waals surface area contributed by atoms with Crippen LogP contribution < -0.4 is 0 Å². The van der Waals surface area contributed by atoms with Gasteiger partial charge < -0.3 is 5.11 Å². The second-order valence-corrected chi connectivity index (χ2v) is 5.25. The van der Waals surface area contributed by atoms with Gasteiger partial charge in [-0.3, -0.25) is 4.79 Å². The molecule has 0 unspecified atom stereocenters. The maximum absolute atomic E-state index is 13.8. The third-order valence-electron chi connectivity index (χ3n) is 2.67. The first kappa shape index (κ1) is 14.3. The topological polar surface area (TPSA) is 54.4 Å². The van der Waals surface area contributed by atoms with Gasteiger partial charge in [-0.2, -0.15) is 0 Å². The molecule has 0 bridgehead atoms. The molecule has 2 aromatic rings. The summed E-state index contributed by atoms with van der Waals surface area (Å²) in [7, 11) is 0. The molecule has 1 N–H and O–H groups in total. The number of carbonyl (C=O) groups is 2. The fourth-order valence-corrected chi connectivity index (χ4v) is 2.41. The van der Waals surface area contributed by atoms with Crippen molar-refractivity contribution in [3.63, 3.8) is 0 Å². The Kier molecular flexibility index (Phi) is 4.20. The molecule has 0 heterocycles. The Balaban J connectivity index is 2.21. The maximum atomic E-state index is 13.8. The molecule has 2 rings (SSSR count). The van der Waals surface area contributed by atoms with Gasteiger partial charge in [0.05, 0.1) is 5.56 Å². The van der Waals surface area contributed by atoms with Crippen LogP contribution in [0, 0.1) is 5.82 Å². The lowest BCUT2D eigenvalue weighted by atomic mass is 10.1. The standard InChI is InChI=1S/C15H11FO3S/c1-9(17)11-4-7-14(13(16)8-11)20-12-5-2-10(3-6-12)15(18)19/h2-8H,1H3,(H,18,19). The van der Waals surface area contributed by atoms with E-state index in [1.54, 1.807) is 24.3 Å². The normalized spacial score (nSPS) is 10.3. The van der Waals surface area contributed by atoms with Gasteiger partial charge in [0.25, 0.3) is 0 Å². The predicted molar refractivity (Wildman–Crippen MR) is 73.9 cm³/mol. The van der Waals surface area contributed by atoms with E-state index in [9.17, 15) is 14.0 Å². The number of benzene rings is 2. The summed E-state index contributed by atoms with van der Waals surface area (Å²) in [4.78, 5) is 23.0. The third-order valence-corrected chi connectivity index (χ3v) is 3.73. The molecule has 0 aliphatic carbocycles. The van der Waals surface area contributed by atoms with Crippen molar-refractivity contribution in [3.05, 3.63) is 59.4 Å². The first-order valence-corrected chi connectivity index (χ1v) is 6.60. The van der Waals surface area contributed by atoms with Gasteiger partial charge in [0.2, 0.25) is 0 Å². The van der Waals surface area contributed by atoms with E-state index >= 15 is 0 Å². The average molecular weight is 290 g/mol. The number of Topliss-reactive ketones (excluding diaryl/α,β-unsaturated/α-hetero) is 1. The van der Waals surface area contributed by atoms with Gasteiger partial charge in [-0.05, 0) is 43.3 Å². The van der Waals surface area contributed by atoms with Crippen LogP contribution >= 0.6 is 11.8 Å². The molecule has 0 spiro atoms. The minimum atomic E-state index is -1.00. The molecule has 0 aliphatic rings. The van der Waals surface area contributed by atoms with E-state index in [4.69, 9.17) is 5.11 Å². The van der Waals surface area contributed by atoms with Crippen LogP contribution in [0.2, 0.25) is 0 Å². The lowest BCUT2D eigenvalue weighted by Crippen LogP contribution is -1.95. The minimum absolute atomic E-state index is 0.182. The van der Waals surface area contributed by atoms with Crippen molar-refractivity contribution < 1.29 is 19.1 Å². The van der Waals surface area contributed by atoms with Crippen molar-refractivity contribution in [2.75, 3.05) is 0 Å². The number of ketones is 1. The summed E-state index contributed by atoms with van der Waals surface area (Å²) in [5.41, 5.74) is 0.509. The second-order valence-electron chi connectivity index (χ2n) is 4.13. The number of carboxylic acid groups (broad SMARTS) is 1. The summed E-state index contributed by atoms with van der Waals surface area (Å²) in [5.74, 6) is -1.66. The molecule has 5 heteroatoms. The zero-order chi connectivity index (χ0) is 14.7. The molecule has 0 amide bonds. The van der Waals surface area contributed by atoms with Crippen LogP contribution in [0.5, 0.6) is 0 Å². The highest BCUT2D eigenvalue weighted by Gasteiger charge is 2.09. The van der Waals surface area contributed by atoms with Crippen LogP contribution in [0.1, 0.15) is 27.6 Å². The van der Waals surface area contributed by atoms with E-state index in [2.05, 4.69) is 0 Å². The number of hydrogen-bond donors (Lipinski definition) is 1. The molecule has 0 saturated heterocycles. The fraction of sp³-hybridized carbons (Fsp3) is 0.0667. The SMILES string of the molecule is CC(=O)c1ccc(Sc2ccc(C(=O)O)cc2)c(F)c1. The summed E-state index contributed by atoms with van der Waals surface area (Å²) in [6, 6.07) is 10.5. The van der Waals surface area contributed by atoms with Gasteiger partial charge in [-0.25, -0.2) is 9.18 Å². The number of rotatable bonds is 4. The average Bonchev–Trinajstić information content (AvgIpc) is 2.41. The second kappa shape index (κ2) is 5.88. The summed E-state index contributed by atoms with van der Waals surface area (Å²) >= 11 is 1.18. The van der Waals surface area contributed by atoms with E-state index in [-0.39, 0.29) is 11.3 Å².